The SMILES string of the molecule is COC([SiH3])(OC)C(F)(OC)C(F)(F)C(F)(F)C(F)(F)C(F)(F)C(F)(F)C(F)(F)C(F)(F)C(F)F. The van der Waals surface area contributed by atoms with Crippen molar-refractivity contribution in [2.45, 2.75) is 59.1 Å². The molecule has 0 spiro atoms. The maximum Gasteiger partial charge on any atom is 0.385 e. The van der Waals surface area contributed by atoms with Crippen molar-refractivity contribution >= 4 is 10.2 Å². The van der Waals surface area contributed by atoms with Gasteiger partial charge in [0.05, 0.1) is 10.2 Å². The zero-order valence-corrected chi connectivity index (χ0v) is 18.7. The number of methoxy groups -OCH3 is 3. The van der Waals surface area contributed by atoms with Crippen molar-refractivity contribution in [2.24, 2.45) is 0 Å². The molecule has 0 aliphatic carbocycles. The lowest BCUT2D eigenvalue weighted by Crippen LogP contribution is -2.78. The van der Waals surface area contributed by atoms with E-state index in [9.17, 15) is 74.6 Å². The van der Waals surface area contributed by atoms with Gasteiger partial charge in [0.2, 0.25) is 5.41 Å². The van der Waals surface area contributed by atoms with Crippen LogP contribution in [0.15, 0.2) is 0 Å². The van der Waals surface area contributed by atoms with Gasteiger partial charge in [0.15, 0.2) is 0 Å². The van der Waals surface area contributed by atoms with Gasteiger partial charge in [0, 0.05) is 21.3 Å². The molecule has 1 unspecified atom stereocenters. The maximum atomic E-state index is 14.8. The lowest BCUT2D eigenvalue weighted by atomic mass is 9.87. The van der Waals surface area contributed by atoms with Gasteiger partial charge >= 0.3 is 53.7 Å². The van der Waals surface area contributed by atoms with Crippen molar-refractivity contribution < 1.29 is 88.8 Å². The van der Waals surface area contributed by atoms with Crippen LogP contribution in [-0.2, 0) is 14.2 Å². The van der Waals surface area contributed by atoms with E-state index in [0.29, 0.717) is 0 Å². The Morgan fingerprint density at radius 3 is 0.971 bits per heavy atom. The van der Waals surface area contributed by atoms with E-state index in [1.165, 1.54) is 0 Å². The third-order valence-corrected chi connectivity index (χ3v) is 6.17. The quantitative estimate of drug-likeness (QED) is 0.200. The summed E-state index contributed by atoms with van der Waals surface area (Å²) in [5.74, 6) is -62.9. The molecule has 0 aliphatic rings. The molecule has 0 rings (SSSR count). The van der Waals surface area contributed by atoms with Crippen molar-refractivity contribution in [3.63, 3.8) is 0 Å². The van der Waals surface area contributed by atoms with Gasteiger partial charge in [-0.05, 0) is 0 Å². The van der Waals surface area contributed by atoms with Gasteiger partial charge in [-0.15, -0.1) is 0 Å². The normalized spacial score (nSPS) is 17.9. The summed E-state index contributed by atoms with van der Waals surface area (Å²) in [5.41, 5.74) is -3.80. The lowest BCUT2D eigenvalue weighted by Gasteiger charge is -2.48. The smallest absolute Gasteiger partial charge is 0.352 e. The summed E-state index contributed by atoms with van der Waals surface area (Å²) in [6.07, 6.45) is -5.96. The molecule has 0 aromatic carbocycles. The van der Waals surface area contributed by atoms with Gasteiger partial charge in [0.1, 0.15) is 0 Å². The highest BCUT2D eigenvalue weighted by Crippen LogP contribution is 2.65. The minimum Gasteiger partial charge on any atom is -0.352 e. The average molecular weight is 568 g/mol. The Kier molecular flexibility index (Phi) is 8.50. The molecule has 0 amide bonds. The molecule has 0 aliphatic heterocycles. The summed E-state index contributed by atoms with van der Waals surface area (Å²) in [5, 5.41) is 0. The molecule has 0 aromatic heterocycles. The largest absolute Gasteiger partial charge is 0.385 e. The fourth-order valence-corrected chi connectivity index (χ4v) is 2.80. The van der Waals surface area contributed by atoms with Gasteiger partial charge in [-0.1, -0.05) is 0 Å². The Hall–Kier alpha value is -1.09. The predicted octanol–water partition coefficient (Wildman–Crippen LogP) is 4.32. The van der Waals surface area contributed by atoms with E-state index in [0.717, 1.165) is 0 Å². The van der Waals surface area contributed by atoms with Crippen LogP contribution in [0.25, 0.3) is 0 Å². The van der Waals surface area contributed by atoms with Crippen LogP contribution in [-0.4, -0.2) is 90.7 Å². The highest BCUT2D eigenvalue weighted by Gasteiger charge is 2.96. The van der Waals surface area contributed by atoms with Crippen molar-refractivity contribution in [1.82, 2.24) is 0 Å². The highest BCUT2D eigenvalue weighted by molar-refractivity contribution is 6.14. The minimum atomic E-state index is -8.66. The van der Waals surface area contributed by atoms with Crippen LogP contribution in [0.5, 0.6) is 0 Å². The van der Waals surface area contributed by atoms with Crippen LogP contribution in [0.2, 0.25) is 0 Å². The molecule has 0 N–H and O–H groups in total. The molecule has 3 nitrogen and oxygen atoms in total. The van der Waals surface area contributed by atoms with E-state index in [-0.39, 0.29) is 21.3 Å². The monoisotopic (exact) mass is 568 g/mol. The minimum absolute atomic E-state index is 0.214. The summed E-state index contributed by atoms with van der Waals surface area (Å²) in [7, 11) is -1.23. The molecule has 0 saturated heterocycles. The second-order valence-electron chi connectivity index (χ2n) is 6.52. The molecule has 34 heavy (non-hydrogen) atoms. The average Bonchev–Trinajstić information content (AvgIpc) is 2.70. The number of rotatable bonds is 12. The van der Waals surface area contributed by atoms with Crippen LogP contribution >= 0.6 is 0 Å². The zero-order valence-electron chi connectivity index (χ0n) is 16.7. The van der Waals surface area contributed by atoms with E-state index in [1.54, 1.807) is 0 Å². The number of hydrogen-bond acceptors (Lipinski definition) is 3. The standard InChI is InChI=1S/C13H13F17O3Si/c1-31-12(30,13(34,32-2)33-3)11(28,29)10(26,27)9(24,25)8(22,23)7(20,21)6(18,19)5(16,17)4(14)15/h4H,1-3,34H3. The Labute approximate surface area is 180 Å². The first-order valence-electron chi connectivity index (χ1n) is 7.90. The van der Waals surface area contributed by atoms with Crippen LogP contribution in [0.1, 0.15) is 0 Å². The summed E-state index contributed by atoms with van der Waals surface area (Å²) in [6.45, 7) is 0. The Balaban J connectivity index is 7.12. The second-order valence-corrected chi connectivity index (χ2v) is 7.84. The fraction of sp³-hybridized carbons (Fsp3) is 1.00. The molecule has 206 valence electrons. The molecular weight excluding hydrogens is 555 g/mol. The van der Waals surface area contributed by atoms with Gasteiger partial charge < -0.3 is 14.2 Å². The van der Waals surface area contributed by atoms with Gasteiger partial charge in [-0.2, -0.15) is 65.9 Å². The number of ether oxygens (including phenoxy) is 3. The predicted molar refractivity (Wildman–Crippen MR) is 78.2 cm³/mol. The maximum absolute atomic E-state index is 14.8. The molecule has 0 aromatic rings. The van der Waals surface area contributed by atoms with Crippen molar-refractivity contribution in [1.29, 1.82) is 0 Å². The van der Waals surface area contributed by atoms with Gasteiger partial charge in [0.25, 0.3) is 0 Å². The highest BCUT2D eigenvalue weighted by atomic mass is 28.1. The Morgan fingerprint density at radius 1 is 0.471 bits per heavy atom. The molecular formula is C13H13F17O3Si. The molecule has 21 heteroatoms. The number of halogens is 17. The van der Waals surface area contributed by atoms with Crippen LogP contribution in [0.4, 0.5) is 74.6 Å². The van der Waals surface area contributed by atoms with E-state index in [2.05, 4.69) is 14.2 Å². The lowest BCUT2D eigenvalue weighted by molar-refractivity contribution is -0.477. The summed E-state index contributed by atoms with van der Waals surface area (Å²) in [4.78, 5) is 0. The number of alkyl halides is 17. The summed E-state index contributed by atoms with van der Waals surface area (Å²) >= 11 is 0. The van der Waals surface area contributed by atoms with E-state index >= 15 is 0 Å². The van der Waals surface area contributed by atoms with E-state index < -0.39 is 69.4 Å². The van der Waals surface area contributed by atoms with Crippen molar-refractivity contribution in [3.8, 4) is 0 Å². The van der Waals surface area contributed by atoms with Crippen LogP contribution in [0.3, 0.4) is 0 Å². The molecule has 0 fully saturated rings. The first kappa shape index (κ1) is 32.9. The number of hydrogen-bond donors (Lipinski definition) is 0. The zero-order chi connectivity index (χ0) is 28.2. The molecule has 1 atom stereocenters. The third kappa shape index (κ3) is 3.75. The van der Waals surface area contributed by atoms with E-state index in [4.69, 9.17) is 0 Å². The van der Waals surface area contributed by atoms with E-state index in [1.807, 2.05) is 0 Å². The molecule has 0 heterocycles. The first-order chi connectivity index (χ1) is 14.6. The molecule has 0 radical (unpaired) electrons. The second kappa shape index (κ2) is 8.78. The van der Waals surface area contributed by atoms with Crippen LogP contribution < -0.4 is 0 Å². The Bertz CT molecular complexity index is 723. The van der Waals surface area contributed by atoms with Crippen molar-refractivity contribution in [3.05, 3.63) is 0 Å². The first-order valence-corrected chi connectivity index (χ1v) is 8.90. The van der Waals surface area contributed by atoms with Crippen LogP contribution in [0, 0.1) is 0 Å². The van der Waals surface area contributed by atoms with Gasteiger partial charge in [-0.25, -0.2) is 8.78 Å². The Morgan fingerprint density at radius 2 is 0.735 bits per heavy atom. The molecule has 0 saturated carbocycles. The molecule has 0 bridgehead atoms. The fourth-order valence-electron chi connectivity index (χ4n) is 2.28. The summed E-state index contributed by atoms with van der Waals surface area (Å²) < 4.78 is 240. The third-order valence-electron chi connectivity index (χ3n) is 4.71. The van der Waals surface area contributed by atoms with Gasteiger partial charge in [-0.3, -0.25) is 0 Å². The topological polar surface area (TPSA) is 27.7 Å². The van der Waals surface area contributed by atoms with Crippen molar-refractivity contribution in [2.75, 3.05) is 21.3 Å². The summed E-state index contributed by atoms with van der Waals surface area (Å²) in [6, 6.07) is 0.